The number of nitrogens with one attached hydrogen (secondary N) is 1. The van der Waals surface area contributed by atoms with Gasteiger partial charge >= 0.3 is 13.3 Å². The lowest BCUT2D eigenvalue weighted by atomic mass is 9.77. The molecule has 0 aliphatic carbocycles. The van der Waals surface area contributed by atoms with Gasteiger partial charge in [-0.05, 0) is 50.9 Å². The van der Waals surface area contributed by atoms with Gasteiger partial charge in [0.2, 0.25) is 0 Å². The Morgan fingerprint density at radius 3 is 2.14 bits per heavy atom. The van der Waals surface area contributed by atoms with Crippen molar-refractivity contribution in [1.29, 1.82) is 0 Å². The highest BCUT2D eigenvalue weighted by molar-refractivity contribution is 6.62. The lowest BCUT2D eigenvalue weighted by Crippen LogP contribution is -2.41. The van der Waals surface area contributed by atoms with Gasteiger partial charge in [-0.3, -0.25) is 4.79 Å². The predicted octanol–water partition coefficient (Wildman–Crippen LogP) is 3.93. The summed E-state index contributed by atoms with van der Waals surface area (Å²) in [7, 11) is -0.942. The van der Waals surface area contributed by atoms with Crippen LogP contribution in [0.15, 0.2) is 48.5 Å². The molecule has 1 fully saturated rings. The molecule has 1 heterocycles. The fourth-order valence-corrected chi connectivity index (χ4v) is 2.99. The van der Waals surface area contributed by atoms with Crippen LogP contribution in [-0.4, -0.2) is 24.2 Å². The van der Waals surface area contributed by atoms with Crippen molar-refractivity contribution in [1.82, 2.24) is 5.32 Å². The molecule has 1 N–H and O–H groups in total. The zero-order valence-electron chi connectivity index (χ0n) is 16.8. The minimum Gasteiger partial charge on any atom is -0.399 e. The minimum atomic E-state index is -4.70. The van der Waals surface area contributed by atoms with Crippen LogP contribution in [0.2, 0.25) is 0 Å². The molecule has 1 aliphatic rings. The Bertz CT molecular complexity index is 882. The fourth-order valence-electron chi connectivity index (χ4n) is 2.99. The molecule has 0 spiro atoms. The van der Waals surface area contributed by atoms with Crippen LogP contribution in [0.5, 0.6) is 0 Å². The summed E-state index contributed by atoms with van der Waals surface area (Å²) < 4.78 is 52.7. The van der Waals surface area contributed by atoms with E-state index in [9.17, 15) is 18.0 Å². The van der Waals surface area contributed by atoms with E-state index in [0.29, 0.717) is 0 Å². The molecule has 0 saturated carbocycles. The van der Waals surface area contributed by atoms with E-state index < -0.39 is 41.5 Å². The van der Waals surface area contributed by atoms with Gasteiger partial charge in [-0.1, -0.05) is 36.4 Å². The van der Waals surface area contributed by atoms with Gasteiger partial charge in [0.25, 0.3) is 5.91 Å². The molecule has 1 saturated heterocycles. The minimum absolute atomic E-state index is 0.135. The Kier molecular flexibility index (Phi) is 5.53. The Hall–Kier alpha value is -2.32. The Morgan fingerprint density at radius 2 is 1.59 bits per heavy atom. The Morgan fingerprint density at radius 1 is 1.00 bits per heavy atom. The topological polar surface area (TPSA) is 47.6 Å². The van der Waals surface area contributed by atoms with Gasteiger partial charge in [0.15, 0.2) is 0 Å². The predicted molar refractivity (Wildman–Crippen MR) is 105 cm³/mol. The fraction of sp³-hybridized carbons (Fsp3) is 0.381. The van der Waals surface area contributed by atoms with Crippen LogP contribution in [0.3, 0.4) is 0 Å². The second-order valence-electron chi connectivity index (χ2n) is 8.06. The summed E-state index contributed by atoms with van der Waals surface area (Å²) in [6, 6.07) is 12.5. The monoisotopic (exact) mass is 405 g/mol. The SMILES string of the molecule is CC1(C)OB(c2ccc(C(=O)NCc3ccccc3)c(C(F)(F)F)c2)OC1(C)C. The quantitative estimate of drug-likeness (QED) is 0.785. The van der Waals surface area contributed by atoms with Gasteiger partial charge in [-0.2, -0.15) is 13.2 Å². The molecule has 29 heavy (non-hydrogen) atoms. The lowest BCUT2D eigenvalue weighted by molar-refractivity contribution is -0.137. The average Bonchev–Trinajstić information content (AvgIpc) is 2.87. The number of hydrogen-bond acceptors (Lipinski definition) is 3. The molecule has 154 valence electrons. The second kappa shape index (κ2) is 7.50. The summed E-state index contributed by atoms with van der Waals surface area (Å²) in [6.45, 7) is 7.42. The van der Waals surface area contributed by atoms with Crippen molar-refractivity contribution in [2.75, 3.05) is 0 Å². The molecular weight excluding hydrogens is 382 g/mol. The number of amides is 1. The number of carbonyl (C=O) groups is 1. The molecule has 0 atom stereocenters. The molecule has 0 radical (unpaired) electrons. The van der Waals surface area contributed by atoms with Gasteiger partial charge in [0, 0.05) is 6.54 Å². The van der Waals surface area contributed by atoms with Crippen molar-refractivity contribution < 1.29 is 27.3 Å². The van der Waals surface area contributed by atoms with Crippen LogP contribution in [0, 0.1) is 0 Å². The first-order valence-electron chi connectivity index (χ1n) is 9.30. The molecular formula is C21H23BF3NO3. The van der Waals surface area contributed by atoms with Gasteiger partial charge in [0.1, 0.15) is 0 Å². The Balaban J connectivity index is 1.86. The summed E-state index contributed by atoms with van der Waals surface area (Å²) in [6.07, 6.45) is -4.70. The van der Waals surface area contributed by atoms with Crippen molar-refractivity contribution in [2.45, 2.75) is 51.6 Å². The van der Waals surface area contributed by atoms with E-state index in [4.69, 9.17) is 9.31 Å². The molecule has 1 amide bonds. The maximum absolute atomic E-state index is 13.7. The normalized spacial score (nSPS) is 18.0. The number of carbonyl (C=O) groups excluding carboxylic acids is 1. The molecule has 4 nitrogen and oxygen atoms in total. The first-order chi connectivity index (χ1) is 13.4. The third-order valence-corrected chi connectivity index (χ3v) is 5.41. The first kappa shape index (κ1) is 21.4. The lowest BCUT2D eigenvalue weighted by Gasteiger charge is -2.32. The number of halogens is 3. The third kappa shape index (κ3) is 4.48. The molecule has 3 rings (SSSR count). The summed E-state index contributed by atoms with van der Waals surface area (Å²) >= 11 is 0. The van der Waals surface area contributed by atoms with E-state index in [-0.39, 0.29) is 12.0 Å². The molecule has 1 aliphatic heterocycles. The molecule has 2 aromatic carbocycles. The zero-order valence-corrected chi connectivity index (χ0v) is 16.8. The zero-order chi connectivity index (χ0) is 21.4. The van der Waals surface area contributed by atoms with E-state index in [0.717, 1.165) is 11.6 Å². The smallest absolute Gasteiger partial charge is 0.399 e. The van der Waals surface area contributed by atoms with Gasteiger partial charge in [0.05, 0.1) is 22.3 Å². The Labute approximate surface area is 168 Å². The van der Waals surface area contributed by atoms with Crippen LogP contribution in [0.25, 0.3) is 0 Å². The summed E-state index contributed by atoms with van der Waals surface area (Å²) in [4.78, 5) is 12.5. The highest BCUT2D eigenvalue weighted by Crippen LogP contribution is 2.37. The van der Waals surface area contributed by atoms with Gasteiger partial charge < -0.3 is 14.6 Å². The van der Waals surface area contributed by atoms with Crippen molar-refractivity contribution in [2.24, 2.45) is 0 Å². The molecule has 8 heteroatoms. The number of alkyl halides is 3. The maximum Gasteiger partial charge on any atom is 0.494 e. The summed E-state index contributed by atoms with van der Waals surface area (Å²) in [5, 5.41) is 2.54. The average molecular weight is 405 g/mol. The number of hydrogen-bond donors (Lipinski definition) is 1. The summed E-state index contributed by atoms with van der Waals surface area (Å²) in [5.74, 6) is -0.790. The highest BCUT2D eigenvalue weighted by atomic mass is 19.4. The molecule has 0 aromatic heterocycles. The van der Waals surface area contributed by atoms with Crippen LogP contribution in [0.4, 0.5) is 13.2 Å². The van der Waals surface area contributed by atoms with Crippen LogP contribution in [-0.2, 0) is 22.0 Å². The summed E-state index contributed by atoms with van der Waals surface area (Å²) in [5.41, 5.74) is -1.80. The van der Waals surface area contributed by atoms with E-state index in [1.165, 1.54) is 12.1 Å². The molecule has 0 unspecified atom stereocenters. The molecule has 2 aromatic rings. The van der Waals surface area contributed by atoms with Gasteiger partial charge in [-0.15, -0.1) is 0 Å². The number of rotatable bonds is 4. The van der Waals surface area contributed by atoms with Crippen LogP contribution >= 0.6 is 0 Å². The van der Waals surface area contributed by atoms with E-state index in [1.54, 1.807) is 24.3 Å². The van der Waals surface area contributed by atoms with Gasteiger partial charge in [-0.25, -0.2) is 0 Å². The number of benzene rings is 2. The highest BCUT2D eigenvalue weighted by Gasteiger charge is 2.52. The molecule has 0 bridgehead atoms. The maximum atomic E-state index is 13.7. The third-order valence-electron chi connectivity index (χ3n) is 5.41. The standard InChI is InChI=1S/C21H23BF3NO3/c1-19(2)20(3,4)29-22(28-19)15-10-11-16(17(12-15)21(23,24)25)18(27)26-13-14-8-6-5-7-9-14/h5-12H,13H2,1-4H3,(H,26,27). The first-order valence-corrected chi connectivity index (χ1v) is 9.30. The van der Waals surface area contributed by atoms with E-state index in [2.05, 4.69) is 5.32 Å². The largest absolute Gasteiger partial charge is 0.494 e. The van der Waals surface area contributed by atoms with E-state index in [1.807, 2.05) is 33.8 Å². The van der Waals surface area contributed by atoms with Crippen LogP contribution < -0.4 is 10.8 Å². The van der Waals surface area contributed by atoms with Crippen LogP contribution in [0.1, 0.15) is 49.2 Å². The second-order valence-corrected chi connectivity index (χ2v) is 8.06. The van der Waals surface area contributed by atoms with Crippen molar-refractivity contribution in [3.8, 4) is 0 Å². The van der Waals surface area contributed by atoms with Crippen molar-refractivity contribution in [3.05, 3.63) is 65.2 Å². The van der Waals surface area contributed by atoms with Crippen molar-refractivity contribution >= 4 is 18.5 Å². The van der Waals surface area contributed by atoms with Crippen molar-refractivity contribution in [3.63, 3.8) is 0 Å². The van der Waals surface area contributed by atoms with E-state index >= 15 is 0 Å².